The molecule has 0 aliphatic heterocycles. The molecule has 0 saturated carbocycles. The number of rotatable bonds is 3. The monoisotopic (exact) mass is 247 g/mol. The molecule has 0 unspecified atom stereocenters. The molecule has 0 amide bonds. The summed E-state index contributed by atoms with van der Waals surface area (Å²) in [6.45, 7) is 2.14. The lowest BCUT2D eigenvalue weighted by Gasteiger charge is -2.18. The Hall–Kier alpha value is -1.61. The van der Waals surface area contributed by atoms with Crippen LogP contribution in [0.4, 0.5) is 11.5 Å². The number of hydrogen-bond donors (Lipinski definition) is 0. The molecule has 0 aliphatic carbocycles. The molecule has 3 nitrogen and oxygen atoms in total. The maximum atomic E-state index is 5.85. The Bertz CT molecular complexity index is 496. The molecule has 1 heterocycles. The summed E-state index contributed by atoms with van der Waals surface area (Å²) < 4.78 is 0. The van der Waals surface area contributed by atoms with E-state index in [1.165, 1.54) is 11.9 Å². The average Bonchev–Trinajstić information content (AvgIpc) is 2.38. The first-order valence-electron chi connectivity index (χ1n) is 5.51. The van der Waals surface area contributed by atoms with E-state index in [0.717, 1.165) is 17.9 Å². The lowest BCUT2D eigenvalue weighted by atomic mass is 10.1. The highest BCUT2D eigenvalue weighted by atomic mass is 35.5. The van der Waals surface area contributed by atoms with Gasteiger partial charge in [0.1, 0.15) is 17.3 Å². The molecular formula is C13H14ClN3. The molecule has 0 radical (unpaired) electrons. The van der Waals surface area contributed by atoms with Gasteiger partial charge in [-0.1, -0.05) is 30.7 Å². The molecule has 88 valence electrons. The van der Waals surface area contributed by atoms with Crippen LogP contribution in [0.3, 0.4) is 0 Å². The molecule has 0 atom stereocenters. The second-order valence-electron chi connectivity index (χ2n) is 3.78. The summed E-state index contributed by atoms with van der Waals surface area (Å²) in [5, 5.41) is 0.451. The zero-order valence-corrected chi connectivity index (χ0v) is 10.6. The van der Waals surface area contributed by atoms with Crippen molar-refractivity contribution >= 4 is 23.1 Å². The van der Waals surface area contributed by atoms with E-state index >= 15 is 0 Å². The van der Waals surface area contributed by atoms with Gasteiger partial charge in [0, 0.05) is 18.8 Å². The Labute approximate surface area is 106 Å². The van der Waals surface area contributed by atoms with Crippen LogP contribution in [0.25, 0.3) is 0 Å². The average molecular weight is 248 g/mol. The summed E-state index contributed by atoms with van der Waals surface area (Å²) in [7, 11) is 1.96. The number of nitrogens with zero attached hydrogens (tertiary/aromatic N) is 3. The van der Waals surface area contributed by atoms with Gasteiger partial charge in [-0.05, 0) is 24.1 Å². The van der Waals surface area contributed by atoms with Crippen molar-refractivity contribution in [2.75, 3.05) is 11.9 Å². The minimum absolute atomic E-state index is 0.451. The summed E-state index contributed by atoms with van der Waals surface area (Å²) >= 11 is 5.85. The Kier molecular flexibility index (Phi) is 3.59. The van der Waals surface area contributed by atoms with Crippen LogP contribution in [-0.2, 0) is 6.42 Å². The Morgan fingerprint density at radius 2 is 1.88 bits per heavy atom. The number of anilines is 2. The van der Waals surface area contributed by atoms with Gasteiger partial charge in [0.2, 0.25) is 0 Å². The smallest absolute Gasteiger partial charge is 0.137 e. The van der Waals surface area contributed by atoms with E-state index in [0.29, 0.717) is 5.15 Å². The van der Waals surface area contributed by atoms with Gasteiger partial charge in [-0.25, -0.2) is 9.97 Å². The van der Waals surface area contributed by atoms with Gasteiger partial charge in [-0.2, -0.15) is 0 Å². The third kappa shape index (κ3) is 2.74. The molecule has 0 N–H and O–H groups in total. The number of hydrogen-bond acceptors (Lipinski definition) is 3. The molecule has 0 aliphatic rings. The maximum Gasteiger partial charge on any atom is 0.137 e. The third-order valence-corrected chi connectivity index (χ3v) is 2.90. The van der Waals surface area contributed by atoms with Crippen LogP contribution < -0.4 is 4.90 Å². The van der Waals surface area contributed by atoms with Gasteiger partial charge in [-0.15, -0.1) is 0 Å². The van der Waals surface area contributed by atoms with E-state index in [9.17, 15) is 0 Å². The number of halogens is 1. The summed E-state index contributed by atoms with van der Waals surface area (Å²) in [6.07, 6.45) is 2.51. The Balaban J connectivity index is 2.27. The van der Waals surface area contributed by atoms with E-state index in [2.05, 4.69) is 41.2 Å². The standard InChI is InChI=1S/C13H14ClN3/c1-3-10-4-6-11(7-5-10)17(2)13-8-12(14)15-9-16-13/h4-9H,3H2,1-2H3. The number of aryl methyl sites for hydroxylation is 1. The zero-order chi connectivity index (χ0) is 12.3. The summed E-state index contributed by atoms with van der Waals surface area (Å²) in [5.74, 6) is 0.786. The lowest BCUT2D eigenvalue weighted by molar-refractivity contribution is 1.07. The topological polar surface area (TPSA) is 29.0 Å². The van der Waals surface area contributed by atoms with E-state index < -0.39 is 0 Å². The summed E-state index contributed by atoms with van der Waals surface area (Å²) in [5.41, 5.74) is 2.40. The molecule has 2 rings (SSSR count). The van der Waals surface area contributed by atoms with E-state index in [1.54, 1.807) is 6.07 Å². The van der Waals surface area contributed by atoms with Crippen molar-refractivity contribution in [1.82, 2.24) is 9.97 Å². The number of aromatic nitrogens is 2. The quantitative estimate of drug-likeness (QED) is 0.778. The minimum Gasteiger partial charge on any atom is -0.329 e. The Morgan fingerprint density at radius 3 is 2.47 bits per heavy atom. The summed E-state index contributed by atoms with van der Waals surface area (Å²) in [4.78, 5) is 10.0. The van der Waals surface area contributed by atoms with Gasteiger partial charge >= 0.3 is 0 Å². The maximum absolute atomic E-state index is 5.85. The zero-order valence-electron chi connectivity index (χ0n) is 9.89. The van der Waals surface area contributed by atoms with Crippen LogP contribution in [-0.4, -0.2) is 17.0 Å². The fourth-order valence-electron chi connectivity index (χ4n) is 1.60. The number of benzene rings is 1. The first kappa shape index (κ1) is 11.9. The van der Waals surface area contributed by atoms with Crippen LogP contribution in [0.15, 0.2) is 36.7 Å². The van der Waals surface area contributed by atoms with Gasteiger partial charge in [0.05, 0.1) is 0 Å². The lowest BCUT2D eigenvalue weighted by Crippen LogP contribution is -2.11. The molecular weight excluding hydrogens is 234 g/mol. The predicted octanol–water partition coefficient (Wildman–Crippen LogP) is 3.46. The van der Waals surface area contributed by atoms with E-state index in [4.69, 9.17) is 11.6 Å². The second kappa shape index (κ2) is 5.15. The minimum atomic E-state index is 0.451. The van der Waals surface area contributed by atoms with Crippen LogP contribution in [0.5, 0.6) is 0 Å². The van der Waals surface area contributed by atoms with E-state index in [-0.39, 0.29) is 0 Å². The first-order valence-corrected chi connectivity index (χ1v) is 5.88. The van der Waals surface area contributed by atoms with Crippen molar-refractivity contribution in [2.24, 2.45) is 0 Å². The molecule has 4 heteroatoms. The molecule has 0 bridgehead atoms. The molecule has 1 aromatic heterocycles. The van der Waals surface area contributed by atoms with Gasteiger partial charge in [0.25, 0.3) is 0 Å². The predicted molar refractivity (Wildman–Crippen MR) is 70.9 cm³/mol. The molecule has 17 heavy (non-hydrogen) atoms. The SMILES string of the molecule is CCc1ccc(N(C)c2cc(Cl)ncn2)cc1. The van der Waals surface area contributed by atoms with Crippen molar-refractivity contribution in [3.8, 4) is 0 Å². The van der Waals surface area contributed by atoms with Crippen molar-refractivity contribution in [1.29, 1.82) is 0 Å². The first-order chi connectivity index (χ1) is 8.20. The van der Waals surface area contributed by atoms with Crippen molar-refractivity contribution in [3.05, 3.63) is 47.4 Å². The van der Waals surface area contributed by atoms with Gasteiger partial charge in [0.15, 0.2) is 0 Å². The molecule has 2 aromatic rings. The van der Waals surface area contributed by atoms with Crippen LogP contribution in [0, 0.1) is 0 Å². The third-order valence-electron chi connectivity index (χ3n) is 2.69. The molecule has 0 spiro atoms. The molecule has 0 saturated heterocycles. The highest BCUT2D eigenvalue weighted by Crippen LogP contribution is 2.23. The van der Waals surface area contributed by atoms with Crippen molar-refractivity contribution < 1.29 is 0 Å². The van der Waals surface area contributed by atoms with Crippen LogP contribution in [0.1, 0.15) is 12.5 Å². The fraction of sp³-hybridized carbons (Fsp3) is 0.231. The molecule has 0 fully saturated rings. The van der Waals surface area contributed by atoms with Crippen molar-refractivity contribution in [3.63, 3.8) is 0 Å². The second-order valence-corrected chi connectivity index (χ2v) is 4.17. The van der Waals surface area contributed by atoms with E-state index in [1.807, 2.05) is 11.9 Å². The van der Waals surface area contributed by atoms with Crippen LogP contribution >= 0.6 is 11.6 Å². The Morgan fingerprint density at radius 1 is 1.18 bits per heavy atom. The largest absolute Gasteiger partial charge is 0.329 e. The highest BCUT2D eigenvalue weighted by Gasteiger charge is 2.05. The van der Waals surface area contributed by atoms with Crippen molar-refractivity contribution in [2.45, 2.75) is 13.3 Å². The van der Waals surface area contributed by atoms with Gasteiger partial charge < -0.3 is 4.90 Å². The highest BCUT2D eigenvalue weighted by molar-refractivity contribution is 6.29. The molecule has 1 aromatic carbocycles. The van der Waals surface area contributed by atoms with Crippen LogP contribution in [0.2, 0.25) is 5.15 Å². The van der Waals surface area contributed by atoms with Gasteiger partial charge in [-0.3, -0.25) is 0 Å². The normalized spacial score (nSPS) is 10.3. The fourth-order valence-corrected chi connectivity index (χ4v) is 1.74. The summed E-state index contributed by atoms with van der Waals surface area (Å²) in [6, 6.07) is 10.1.